The molecule has 0 fully saturated rings. The highest BCUT2D eigenvalue weighted by molar-refractivity contribution is 6.04. The van der Waals surface area contributed by atoms with Crippen molar-refractivity contribution >= 4 is 28.7 Å². The number of hydrogen-bond donors (Lipinski definition) is 1. The van der Waals surface area contributed by atoms with Gasteiger partial charge < -0.3 is 5.11 Å². The molecule has 0 bridgehead atoms. The van der Waals surface area contributed by atoms with Crippen molar-refractivity contribution in [3.8, 4) is 0 Å². The molecule has 1 N–H and O–H groups in total. The molecule has 1 unspecified atom stereocenters. The minimum atomic E-state index is -0.979. The Hall–Kier alpha value is -2.49. The molecular formula is C15H11NO3. The number of carbonyl (C=O) groups excluding carboxylic acids is 1. The summed E-state index contributed by atoms with van der Waals surface area (Å²) in [6.45, 7) is 0. The zero-order chi connectivity index (χ0) is 13.4. The number of aliphatic carboxylic acids is 1. The Balaban J connectivity index is 2.19. The van der Waals surface area contributed by atoms with Crippen molar-refractivity contribution < 1.29 is 14.7 Å². The number of pyridine rings is 1. The Morgan fingerprint density at radius 3 is 2.84 bits per heavy atom. The largest absolute Gasteiger partial charge is 0.481 e. The van der Waals surface area contributed by atoms with Crippen LogP contribution in [0.1, 0.15) is 23.6 Å². The number of carboxylic acids is 1. The normalized spacial score (nSPS) is 17.5. The summed E-state index contributed by atoms with van der Waals surface area (Å²) in [5, 5.41) is 9.84. The van der Waals surface area contributed by atoms with Gasteiger partial charge in [0.05, 0.1) is 23.5 Å². The van der Waals surface area contributed by atoms with Gasteiger partial charge in [-0.05, 0) is 29.8 Å². The Bertz CT molecular complexity index is 718. The zero-order valence-corrected chi connectivity index (χ0v) is 10.0. The number of hydrogen-bond acceptors (Lipinski definition) is 3. The highest BCUT2D eigenvalue weighted by Gasteiger charge is 2.27. The van der Waals surface area contributed by atoms with E-state index in [4.69, 9.17) is 5.11 Å². The minimum Gasteiger partial charge on any atom is -0.481 e. The summed E-state index contributed by atoms with van der Waals surface area (Å²) < 4.78 is 0. The number of aromatic nitrogens is 1. The Morgan fingerprint density at radius 1 is 1.26 bits per heavy atom. The van der Waals surface area contributed by atoms with Crippen LogP contribution >= 0.6 is 0 Å². The molecule has 94 valence electrons. The van der Waals surface area contributed by atoms with Gasteiger partial charge in [0, 0.05) is 5.39 Å². The molecule has 1 aliphatic rings. The molecular weight excluding hydrogens is 242 g/mol. The highest BCUT2D eigenvalue weighted by Crippen LogP contribution is 2.31. The van der Waals surface area contributed by atoms with E-state index in [2.05, 4.69) is 4.98 Å². The van der Waals surface area contributed by atoms with Crippen LogP contribution in [0.5, 0.6) is 0 Å². The van der Waals surface area contributed by atoms with Gasteiger partial charge in [0.15, 0.2) is 5.78 Å². The second kappa shape index (κ2) is 4.31. The fraction of sp³-hybridized carbons (Fsp3) is 0.133. The summed E-state index contributed by atoms with van der Waals surface area (Å²) in [5.41, 5.74) is 2.23. The number of ketones is 1. The maximum absolute atomic E-state index is 11.9. The number of fused-ring (bicyclic) bond motifs is 2. The quantitative estimate of drug-likeness (QED) is 0.892. The molecule has 1 aromatic heterocycles. The minimum absolute atomic E-state index is 0.174. The summed E-state index contributed by atoms with van der Waals surface area (Å²) in [4.78, 5) is 27.2. The molecule has 0 amide bonds. The van der Waals surface area contributed by atoms with E-state index in [9.17, 15) is 9.59 Å². The molecule has 0 radical (unpaired) electrons. The fourth-order valence-electron chi connectivity index (χ4n) is 2.38. The van der Waals surface area contributed by atoms with E-state index in [1.807, 2.05) is 30.3 Å². The summed E-state index contributed by atoms with van der Waals surface area (Å²) >= 11 is 0. The molecule has 19 heavy (non-hydrogen) atoms. The van der Waals surface area contributed by atoms with E-state index in [1.165, 1.54) is 6.08 Å². The number of nitrogens with zero attached hydrogens (tertiary/aromatic N) is 1. The highest BCUT2D eigenvalue weighted by atomic mass is 16.4. The van der Waals surface area contributed by atoms with Crippen molar-refractivity contribution in [2.75, 3.05) is 0 Å². The lowest BCUT2D eigenvalue weighted by Gasteiger charge is -2.19. The molecule has 0 saturated carbocycles. The second-order valence-electron chi connectivity index (χ2n) is 4.54. The molecule has 4 heteroatoms. The van der Waals surface area contributed by atoms with Gasteiger partial charge in [-0.2, -0.15) is 0 Å². The van der Waals surface area contributed by atoms with Gasteiger partial charge in [0.1, 0.15) is 0 Å². The van der Waals surface area contributed by atoms with E-state index in [0.29, 0.717) is 11.3 Å². The molecule has 1 heterocycles. The van der Waals surface area contributed by atoms with Gasteiger partial charge in [0.2, 0.25) is 0 Å². The smallest absolute Gasteiger partial charge is 0.304 e. The van der Waals surface area contributed by atoms with Crippen molar-refractivity contribution in [2.45, 2.75) is 12.3 Å². The van der Waals surface area contributed by atoms with E-state index in [0.717, 1.165) is 10.9 Å². The number of carbonyl (C=O) groups is 2. The first kappa shape index (κ1) is 11.6. The van der Waals surface area contributed by atoms with Crippen molar-refractivity contribution in [1.82, 2.24) is 4.98 Å². The van der Waals surface area contributed by atoms with E-state index in [-0.39, 0.29) is 12.2 Å². The third kappa shape index (κ3) is 2.01. The predicted molar refractivity (Wildman–Crippen MR) is 70.8 cm³/mol. The van der Waals surface area contributed by atoms with Crippen LogP contribution < -0.4 is 0 Å². The van der Waals surface area contributed by atoms with Crippen LogP contribution in [0.3, 0.4) is 0 Å². The van der Waals surface area contributed by atoms with Gasteiger partial charge in [-0.3, -0.25) is 9.59 Å². The lowest BCUT2D eigenvalue weighted by molar-refractivity contribution is -0.138. The first-order valence-corrected chi connectivity index (χ1v) is 5.98. The van der Waals surface area contributed by atoms with Crippen LogP contribution in [0, 0.1) is 0 Å². The molecule has 0 saturated heterocycles. The number of carboxylic acid groups (broad SMARTS) is 1. The van der Waals surface area contributed by atoms with E-state index >= 15 is 0 Å². The van der Waals surface area contributed by atoms with E-state index in [1.54, 1.807) is 6.08 Å². The maximum Gasteiger partial charge on any atom is 0.304 e. The van der Waals surface area contributed by atoms with Gasteiger partial charge in [-0.15, -0.1) is 0 Å². The summed E-state index contributed by atoms with van der Waals surface area (Å²) in [6.07, 6.45) is 2.87. The third-order valence-electron chi connectivity index (χ3n) is 3.29. The Kier molecular flexibility index (Phi) is 2.63. The van der Waals surface area contributed by atoms with E-state index < -0.39 is 11.9 Å². The van der Waals surface area contributed by atoms with Crippen LogP contribution in [0.2, 0.25) is 0 Å². The molecule has 0 spiro atoms. The predicted octanol–water partition coefficient (Wildman–Crippen LogP) is 2.39. The lowest BCUT2D eigenvalue weighted by Crippen LogP contribution is -2.19. The summed E-state index contributed by atoms with van der Waals surface area (Å²) in [6, 6.07) is 9.46. The number of rotatable bonds is 2. The van der Waals surface area contributed by atoms with Crippen molar-refractivity contribution in [3.05, 3.63) is 47.7 Å². The van der Waals surface area contributed by atoms with Crippen molar-refractivity contribution in [3.63, 3.8) is 0 Å². The molecule has 2 aromatic rings. The standard InChI is InChI=1S/C15H11NO3/c17-14-6-5-13-10(11(14)8-15(18)19)7-9-3-1-2-4-12(9)16-13/h1-7,11H,8H2,(H,18,19). The molecule has 3 rings (SSSR count). The van der Waals surface area contributed by atoms with Crippen molar-refractivity contribution in [2.24, 2.45) is 0 Å². The fourth-order valence-corrected chi connectivity index (χ4v) is 2.38. The molecule has 4 nitrogen and oxygen atoms in total. The molecule has 1 aliphatic carbocycles. The van der Waals surface area contributed by atoms with Crippen LogP contribution in [-0.4, -0.2) is 21.8 Å². The summed E-state index contributed by atoms with van der Waals surface area (Å²) in [5.74, 6) is -1.78. The SMILES string of the molecule is O=C(O)CC1C(=O)C=Cc2nc3ccccc3cc21. The molecule has 1 atom stereocenters. The molecule has 0 aliphatic heterocycles. The lowest BCUT2D eigenvalue weighted by atomic mass is 9.85. The van der Waals surface area contributed by atoms with Crippen LogP contribution in [-0.2, 0) is 9.59 Å². The number of para-hydroxylation sites is 1. The maximum atomic E-state index is 11.9. The van der Waals surface area contributed by atoms with Gasteiger partial charge >= 0.3 is 5.97 Å². The van der Waals surface area contributed by atoms with Gasteiger partial charge in [-0.25, -0.2) is 4.98 Å². The number of benzene rings is 1. The second-order valence-corrected chi connectivity index (χ2v) is 4.54. The Morgan fingerprint density at radius 2 is 2.05 bits per heavy atom. The zero-order valence-electron chi connectivity index (χ0n) is 10.0. The summed E-state index contributed by atoms with van der Waals surface area (Å²) in [7, 11) is 0. The first-order valence-electron chi connectivity index (χ1n) is 5.98. The number of allylic oxidation sites excluding steroid dienone is 1. The van der Waals surface area contributed by atoms with Crippen molar-refractivity contribution in [1.29, 1.82) is 0 Å². The molecule has 1 aromatic carbocycles. The monoisotopic (exact) mass is 253 g/mol. The van der Waals surface area contributed by atoms with Crippen LogP contribution in [0.25, 0.3) is 17.0 Å². The topological polar surface area (TPSA) is 67.3 Å². The average molecular weight is 253 g/mol. The third-order valence-corrected chi connectivity index (χ3v) is 3.29. The van der Waals surface area contributed by atoms with Gasteiger partial charge in [0.25, 0.3) is 0 Å². The average Bonchev–Trinajstić information content (AvgIpc) is 2.40. The first-order chi connectivity index (χ1) is 9.15. The van der Waals surface area contributed by atoms with Crippen LogP contribution in [0.4, 0.5) is 0 Å². The van der Waals surface area contributed by atoms with Gasteiger partial charge in [-0.1, -0.05) is 18.2 Å². The van der Waals surface area contributed by atoms with Crippen LogP contribution in [0.15, 0.2) is 36.4 Å². The Labute approximate surface area is 109 Å².